The van der Waals surface area contributed by atoms with Crippen molar-refractivity contribution in [3.05, 3.63) is 64.9 Å². The number of benzene rings is 1. The molecule has 11 heteroatoms. The van der Waals surface area contributed by atoms with E-state index in [1.165, 1.54) is 4.90 Å². The van der Waals surface area contributed by atoms with Gasteiger partial charge in [-0.1, -0.05) is 0 Å². The molecule has 1 atom stereocenters. The summed E-state index contributed by atoms with van der Waals surface area (Å²) in [5.41, 5.74) is 11.5. The highest BCUT2D eigenvalue weighted by molar-refractivity contribution is 7.09. The number of amides is 3. The lowest BCUT2D eigenvalue weighted by molar-refractivity contribution is -0.123. The maximum absolute atomic E-state index is 13.9. The fourth-order valence-corrected chi connectivity index (χ4v) is 4.14. The molecule has 1 unspecified atom stereocenters. The van der Waals surface area contributed by atoms with E-state index >= 15 is 0 Å². The molecule has 35 heavy (non-hydrogen) atoms. The number of ether oxygens (including phenoxy) is 1. The van der Waals surface area contributed by atoms with Crippen LogP contribution in [0.25, 0.3) is 0 Å². The van der Waals surface area contributed by atoms with Crippen molar-refractivity contribution in [1.82, 2.24) is 14.7 Å². The third-order valence-corrected chi connectivity index (χ3v) is 5.68. The van der Waals surface area contributed by atoms with Crippen LogP contribution < -0.4 is 26.4 Å². The minimum absolute atomic E-state index is 0.00435. The van der Waals surface area contributed by atoms with Gasteiger partial charge in [0.05, 0.1) is 12.3 Å². The number of nitrogens with zero attached hydrogens (tertiary/aromatic N) is 3. The first-order valence-electron chi connectivity index (χ1n) is 10.9. The summed E-state index contributed by atoms with van der Waals surface area (Å²) in [4.78, 5) is 44.6. The number of anilines is 2. The second-order valence-electron chi connectivity index (χ2n) is 8.66. The van der Waals surface area contributed by atoms with E-state index in [-0.39, 0.29) is 16.3 Å². The summed E-state index contributed by atoms with van der Waals surface area (Å²) < 4.78 is 9.47. The average molecular weight is 497 g/mol. The molecule has 2 aromatic heterocycles. The topological polar surface area (TPSA) is 154 Å². The SMILES string of the molecule is CCOc1ccc(N(C(=O)c2snc(C(N)=O)c2N)C(C(=O)NC(C)(C)C)c2ccncc2)cc1. The number of nitrogens with one attached hydrogen (secondary N) is 1. The zero-order valence-corrected chi connectivity index (χ0v) is 20.8. The summed E-state index contributed by atoms with van der Waals surface area (Å²) in [6.07, 6.45) is 3.08. The molecule has 3 amide bonds. The molecule has 184 valence electrons. The Balaban J connectivity index is 2.20. The van der Waals surface area contributed by atoms with Crippen LogP contribution in [0, 0.1) is 0 Å². The van der Waals surface area contributed by atoms with Crippen LogP contribution in [0.4, 0.5) is 11.4 Å². The van der Waals surface area contributed by atoms with Crippen LogP contribution in [0.5, 0.6) is 5.75 Å². The van der Waals surface area contributed by atoms with E-state index in [9.17, 15) is 14.4 Å². The van der Waals surface area contributed by atoms with Crippen molar-refractivity contribution >= 4 is 40.6 Å². The van der Waals surface area contributed by atoms with Gasteiger partial charge in [-0.3, -0.25) is 24.3 Å². The fourth-order valence-electron chi connectivity index (χ4n) is 3.39. The number of carbonyl (C=O) groups is 3. The van der Waals surface area contributed by atoms with Gasteiger partial charge < -0.3 is 21.5 Å². The van der Waals surface area contributed by atoms with Crippen molar-refractivity contribution in [2.45, 2.75) is 39.3 Å². The van der Waals surface area contributed by atoms with E-state index in [0.29, 0.717) is 23.6 Å². The van der Waals surface area contributed by atoms with Crippen LogP contribution in [0.2, 0.25) is 0 Å². The zero-order chi connectivity index (χ0) is 25.8. The van der Waals surface area contributed by atoms with Crippen molar-refractivity contribution in [3.8, 4) is 5.75 Å². The quantitative estimate of drug-likeness (QED) is 0.433. The normalized spacial score (nSPS) is 12.0. The van der Waals surface area contributed by atoms with Gasteiger partial charge in [-0.05, 0) is 81.2 Å². The molecule has 0 aliphatic rings. The molecule has 0 radical (unpaired) electrons. The maximum atomic E-state index is 13.9. The van der Waals surface area contributed by atoms with Crippen molar-refractivity contribution < 1.29 is 19.1 Å². The number of primary amides is 1. The van der Waals surface area contributed by atoms with Gasteiger partial charge in [0.15, 0.2) is 5.69 Å². The van der Waals surface area contributed by atoms with Crippen LogP contribution in [0.3, 0.4) is 0 Å². The minimum atomic E-state index is -1.08. The smallest absolute Gasteiger partial charge is 0.273 e. The van der Waals surface area contributed by atoms with Crippen LogP contribution in [-0.4, -0.2) is 39.2 Å². The molecule has 10 nitrogen and oxygen atoms in total. The Hall–Kier alpha value is -3.99. The number of aromatic nitrogens is 2. The number of hydrogen-bond acceptors (Lipinski definition) is 8. The molecule has 3 aromatic rings. The summed E-state index contributed by atoms with van der Waals surface area (Å²) in [5.74, 6) is -1.26. The van der Waals surface area contributed by atoms with Gasteiger partial charge in [0.25, 0.3) is 11.8 Å². The summed E-state index contributed by atoms with van der Waals surface area (Å²) in [7, 11) is 0. The summed E-state index contributed by atoms with van der Waals surface area (Å²) in [6, 6.07) is 8.99. The van der Waals surface area contributed by atoms with Crippen LogP contribution in [0.1, 0.15) is 59.5 Å². The van der Waals surface area contributed by atoms with Gasteiger partial charge in [-0.15, -0.1) is 0 Å². The molecule has 0 bridgehead atoms. The molecule has 0 aliphatic heterocycles. The number of nitrogens with two attached hydrogens (primary N) is 2. The molecular weight excluding hydrogens is 468 g/mol. The summed E-state index contributed by atoms with van der Waals surface area (Å²) >= 11 is 0.749. The highest BCUT2D eigenvalue weighted by Crippen LogP contribution is 2.34. The molecule has 5 N–H and O–H groups in total. The first-order valence-corrected chi connectivity index (χ1v) is 11.6. The monoisotopic (exact) mass is 496 g/mol. The van der Waals surface area contributed by atoms with Crippen molar-refractivity contribution in [1.29, 1.82) is 0 Å². The van der Waals surface area contributed by atoms with E-state index in [4.69, 9.17) is 16.2 Å². The van der Waals surface area contributed by atoms with Gasteiger partial charge in [0.2, 0.25) is 5.91 Å². The van der Waals surface area contributed by atoms with Crippen molar-refractivity contribution in [2.75, 3.05) is 17.2 Å². The lowest BCUT2D eigenvalue weighted by Gasteiger charge is -2.33. The Labute approximate surface area is 207 Å². The Morgan fingerprint density at radius 2 is 1.74 bits per heavy atom. The Kier molecular flexibility index (Phi) is 7.70. The van der Waals surface area contributed by atoms with E-state index in [1.54, 1.807) is 48.8 Å². The van der Waals surface area contributed by atoms with E-state index in [0.717, 1.165) is 11.5 Å². The summed E-state index contributed by atoms with van der Waals surface area (Å²) in [5, 5.41) is 2.95. The largest absolute Gasteiger partial charge is 0.494 e. The molecule has 3 rings (SSSR count). The maximum Gasteiger partial charge on any atom is 0.273 e. The number of hydrogen-bond donors (Lipinski definition) is 3. The Morgan fingerprint density at radius 3 is 2.26 bits per heavy atom. The van der Waals surface area contributed by atoms with Gasteiger partial charge in [0.1, 0.15) is 16.7 Å². The minimum Gasteiger partial charge on any atom is -0.494 e. The van der Waals surface area contributed by atoms with Gasteiger partial charge in [-0.2, -0.15) is 4.37 Å². The van der Waals surface area contributed by atoms with Gasteiger partial charge in [0, 0.05) is 23.6 Å². The molecule has 0 saturated carbocycles. The molecular formula is C24H28N6O4S. The summed E-state index contributed by atoms with van der Waals surface area (Å²) in [6.45, 7) is 7.87. The fraction of sp³-hybridized carbons (Fsp3) is 0.292. The number of pyridine rings is 1. The Morgan fingerprint density at radius 1 is 1.11 bits per heavy atom. The molecule has 0 saturated heterocycles. The van der Waals surface area contributed by atoms with Crippen molar-refractivity contribution in [3.63, 3.8) is 0 Å². The Bertz CT molecular complexity index is 1210. The van der Waals surface area contributed by atoms with Crippen LogP contribution >= 0.6 is 11.5 Å². The van der Waals surface area contributed by atoms with E-state index in [2.05, 4.69) is 14.7 Å². The van der Waals surface area contributed by atoms with Crippen molar-refractivity contribution in [2.24, 2.45) is 5.73 Å². The standard InChI is InChI=1S/C24H28N6O4S/c1-5-34-16-8-6-15(7-9-16)30(23(33)20-17(25)18(21(26)31)29-35-20)19(14-10-12-27-13-11-14)22(32)28-24(2,3)4/h6-13,19H,5,25H2,1-4H3,(H2,26,31)(H,28,32). The number of carbonyl (C=O) groups excluding carboxylic acids is 3. The van der Waals surface area contributed by atoms with Gasteiger partial charge >= 0.3 is 0 Å². The predicted octanol–water partition coefficient (Wildman–Crippen LogP) is 2.92. The predicted molar refractivity (Wildman–Crippen MR) is 134 cm³/mol. The van der Waals surface area contributed by atoms with Crippen LogP contribution in [-0.2, 0) is 4.79 Å². The highest BCUT2D eigenvalue weighted by atomic mass is 32.1. The molecule has 0 fully saturated rings. The third kappa shape index (κ3) is 5.93. The molecule has 2 heterocycles. The molecule has 0 spiro atoms. The second-order valence-corrected chi connectivity index (χ2v) is 9.44. The second kappa shape index (κ2) is 10.5. The number of nitrogen functional groups attached to an aromatic ring is 1. The molecule has 0 aliphatic carbocycles. The lowest BCUT2D eigenvalue weighted by atomic mass is 10.0. The van der Waals surface area contributed by atoms with Gasteiger partial charge in [-0.25, -0.2) is 0 Å². The first-order chi connectivity index (χ1) is 16.5. The first kappa shape index (κ1) is 25.6. The highest BCUT2D eigenvalue weighted by Gasteiger charge is 2.37. The third-order valence-electron chi connectivity index (χ3n) is 4.83. The molecule has 1 aromatic carbocycles. The average Bonchev–Trinajstić information content (AvgIpc) is 3.19. The van der Waals surface area contributed by atoms with E-state index < -0.39 is 29.3 Å². The lowest BCUT2D eigenvalue weighted by Crippen LogP contribution is -2.49. The number of rotatable bonds is 8. The van der Waals surface area contributed by atoms with Crippen LogP contribution in [0.15, 0.2) is 48.8 Å². The zero-order valence-electron chi connectivity index (χ0n) is 19.9. The van der Waals surface area contributed by atoms with E-state index in [1.807, 2.05) is 27.7 Å².